The van der Waals surface area contributed by atoms with Crippen molar-refractivity contribution in [3.8, 4) is 11.5 Å². The van der Waals surface area contributed by atoms with Crippen LogP contribution in [0.15, 0.2) is 64.6 Å². The summed E-state index contributed by atoms with van der Waals surface area (Å²) in [6.45, 7) is 1.73. The average molecular weight is 386 g/mol. The molecule has 0 aliphatic carbocycles. The molecule has 142 valence electrons. The predicted molar refractivity (Wildman–Crippen MR) is 104 cm³/mol. The van der Waals surface area contributed by atoms with E-state index in [9.17, 15) is 4.79 Å². The molecule has 0 spiro atoms. The largest absolute Gasteiger partial charge is 0.497 e. The monoisotopic (exact) mass is 386 g/mol. The number of hydrogen-bond donors (Lipinski definition) is 1. The van der Waals surface area contributed by atoms with Gasteiger partial charge in [0, 0.05) is 4.88 Å². The van der Waals surface area contributed by atoms with Crippen molar-refractivity contribution in [1.82, 2.24) is 10.2 Å². The summed E-state index contributed by atoms with van der Waals surface area (Å²) in [4.78, 5) is 15.4. The maximum atomic E-state index is 12.6. The SMILES string of the molecule is COc1ccc(OCCNC(=O)N(Cc2ccco2)Cc2cccs2)cc1. The van der Waals surface area contributed by atoms with E-state index in [1.54, 1.807) is 29.6 Å². The molecule has 0 atom stereocenters. The summed E-state index contributed by atoms with van der Waals surface area (Å²) in [5, 5.41) is 4.90. The van der Waals surface area contributed by atoms with Crippen LogP contribution in [0.4, 0.5) is 4.79 Å². The third-order valence-electron chi connectivity index (χ3n) is 3.85. The molecule has 0 aliphatic rings. The van der Waals surface area contributed by atoms with Crippen molar-refractivity contribution in [2.24, 2.45) is 0 Å². The molecule has 27 heavy (non-hydrogen) atoms. The molecular weight excluding hydrogens is 364 g/mol. The van der Waals surface area contributed by atoms with Crippen LogP contribution in [0, 0.1) is 0 Å². The number of urea groups is 1. The van der Waals surface area contributed by atoms with Crippen LogP contribution < -0.4 is 14.8 Å². The molecule has 0 fully saturated rings. The third kappa shape index (κ3) is 5.79. The quantitative estimate of drug-likeness (QED) is 0.562. The van der Waals surface area contributed by atoms with Crippen LogP contribution in [0.1, 0.15) is 10.6 Å². The Morgan fingerprint density at radius 1 is 1.11 bits per heavy atom. The maximum Gasteiger partial charge on any atom is 0.318 e. The normalized spacial score (nSPS) is 10.4. The molecule has 2 heterocycles. The highest BCUT2D eigenvalue weighted by Gasteiger charge is 2.16. The van der Waals surface area contributed by atoms with E-state index in [2.05, 4.69) is 5.32 Å². The van der Waals surface area contributed by atoms with Gasteiger partial charge >= 0.3 is 6.03 Å². The van der Waals surface area contributed by atoms with Gasteiger partial charge in [-0.3, -0.25) is 0 Å². The highest BCUT2D eigenvalue weighted by Crippen LogP contribution is 2.17. The number of amides is 2. The summed E-state index contributed by atoms with van der Waals surface area (Å²) in [5.41, 5.74) is 0. The van der Waals surface area contributed by atoms with Crippen LogP contribution in [-0.4, -0.2) is 31.2 Å². The zero-order chi connectivity index (χ0) is 18.9. The van der Waals surface area contributed by atoms with Crippen LogP contribution in [-0.2, 0) is 13.1 Å². The fraction of sp³-hybridized carbons (Fsp3) is 0.250. The Balaban J connectivity index is 1.49. The van der Waals surface area contributed by atoms with Crippen molar-refractivity contribution in [1.29, 1.82) is 0 Å². The van der Waals surface area contributed by atoms with E-state index in [1.807, 2.05) is 53.9 Å². The van der Waals surface area contributed by atoms with Crippen molar-refractivity contribution in [3.05, 3.63) is 70.8 Å². The minimum Gasteiger partial charge on any atom is -0.497 e. The van der Waals surface area contributed by atoms with E-state index >= 15 is 0 Å². The Labute approximate surface area is 162 Å². The standard InChI is InChI=1S/C20H22N2O4S/c1-24-16-6-8-17(9-7-16)26-12-10-21-20(23)22(14-18-4-2-11-25-18)15-19-5-3-13-27-19/h2-9,11,13H,10,12,14-15H2,1H3,(H,21,23). The van der Waals surface area contributed by atoms with Crippen LogP contribution in [0.25, 0.3) is 0 Å². The number of carbonyl (C=O) groups is 1. The number of ether oxygens (including phenoxy) is 2. The molecule has 7 heteroatoms. The maximum absolute atomic E-state index is 12.6. The van der Waals surface area contributed by atoms with E-state index in [4.69, 9.17) is 13.9 Å². The number of benzene rings is 1. The molecule has 0 aliphatic heterocycles. The van der Waals surface area contributed by atoms with Crippen LogP contribution in [0.5, 0.6) is 11.5 Å². The number of nitrogens with zero attached hydrogens (tertiary/aromatic N) is 1. The molecule has 0 unspecified atom stereocenters. The lowest BCUT2D eigenvalue weighted by atomic mass is 10.3. The molecule has 2 aromatic heterocycles. The van der Waals surface area contributed by atoms with E-state index in [0.717, 1.165) is 22.1 Å². The molecule has 0 saturated carbocycles. The van der Waals surface area contributed by atoms with Crippen molar-refractivity contribution in [2.45, 2.75) is 13.1 Å². The van der Waals surface area contributed by atoms with Gasteiger partial charge in [0.25, 0.3) is 0 Å². The smallest absolute Gasteiger partial charge is 0.318 e. The van der Waals surface area contributed by atoms with Gasteiger partial charge < -0.3 is 24.1 Å². The second kappa shape index (κ2) is 9.68. The van der Waals surface area contributed by atoms with E-state index in [0.29, 0.717) is 26.2 Å². The fourth-order valence-electron chi connectivity index (χ4n) is 2.49. The number of thiophene rings is 1. The zero-order valence-corrected chi connectivity index (χ0v) is 15.9. The van der Waals surface area contributed by atoms with Crippen LogP contribution >= 0.6 is 11.3 Å². The van der Waals surface area contributed by atoms with Gasteiger partial charge in [-0.2, -0.15) is 0 Å². The summed E-state index contributed by atoms with van der Waals surface area (Å²) in [7, 11) is 1.62. The topological polar surface area (TPSA) is 63.9 Å². The average Bonchev–Trinajstić information content (AvgIpc) is 3.39. The Hall–Kier alpha value is -2.93. The third-order valence-corrected chi connectivity index (χ3v) is 4.71. The number of carbonyl (C=O) groups excluding carboxylic acids is 1. The second-order valence-corrected chi connectivity index (χ2v) is 6.80. The van der Waals surface area contributed by atoms with Crippen molar-refractivity contribution >= 4 is 17.4 Å². The lowest BCUT2D eigenvalue weighted by Gasteiger charge is -2.21. The Morgan fingerprint density at radius 2 is 1.93 bits per heavy atom. The molecule has 3 aromatic rings. The van der Waals surface area contributed by atoms with E-state index in [1.165, 1.54) is 0 Å². The van der Waals surface area contributed by atoms with Gasteiger partial charge in [-0.25, -0.2) is 4.79 Å². The van der Waals surface area contributed by atoms with Gasteiger partial charge in [0.15, 0.2) is 0 Å². The number of methoxy groups -OCH3 is 1. The molecule has 0 saturated heterocycles. The highest BCUT2D eigenvalue weighted by atomic mass is 32.1. The van der Waals surface area contributed by atoms with Crippen molar-refractivity contribution in [3.63, 3.8) is 0 Å². The summed E-state index contributed by atoms with van der Waals surface area (Å²) in [6, 6.07) is 14.9. The Kier molecular flexibility index (Phi) is 6.76. The zero-order valence-electron chi connectivity index (χ0n) is 15.1. The molecular formula is C20H22N2O4S. The first-order valence-electron chi connectivity index (χ1n) is 8.59. The molecule has 1 N–H and O–H groups in total. The van der Waals surface area contributed by atoms with Gasteiger partial charge in [-0.15, -0.1) is 11.3 Å². The van der Waals surface area contributed by atoms with Gasteiger partial charge in [0.1, 0.15) is 23.9 Å². The highest BCUT2D eigenvalue weighted by molar-refractivity contribution is 7.09. The summed E-state index contributed by atoms with van der Waals surface area (Å²) >= 11 is 1.62. The molecule has 0 bridgehead atoms. The lowest BCUT2D eigenvalue weighted by molar-refractivity contribution is 0.185. The predicted octanol–water partition coefficient (Wildman–Crippen LogP) is 4.14. The van der Waals surface area contributed by atoms with E-state index in [-0.39, 0.29) is 6.03 Å². The first kappa shape index (κ1) is 18.8. The van der Waals surface area contributed by atoms with Crippen LogP contribution in [0.3, 0.4) is 0 Å². The minimum absolute atomic E-state index is 0.155. The molecule has 2 amide bonds. The van der Waals surface area contributed by atoms with Gasteiger partial charge in [-0.1, -0.05) is 6.07 Å². The van der Waals surface area contributed by atoms with Gasteiger partial charge in [0.05, 0.1) is 33.0 Å². The molecule has 3 rings (SSSR count). The van der Waals surface area contributed by atoms with Crippen molar-refractivity contribution in [2.75, 3.05) is 20.3 Å². The van der Waals surface area contributed by atoms with Crippen LogP contribution in [0.2, 0.25) is 0 Å². The number of nitrogens with one attached hydrogen (secondary N) is 1. The number of rotatable bonds is 9. The molecule has 1 aromatic carbocycles. The second-order valence-electron chi connectivity index (χ2n) is 5.77. The Morgan fingerprint density at radius 3 is 2.59 bits per heavy atom. The minimum atomic E-state index is -0.155. The summed E-state index contributed by atoms with van der Waals surface area (Å²) in [6.07, 6.45) is 1.61. The molecule has 6 nitrogen and oxygen atoms in total. The lowest BCUT2D eigenvalue weighted by Crippen LogP contribution is -2.40. The van der Waals surface area contributed by atoms with E-state index < -0.39 is 0 Å². The van der Waals surface area contributed by atoms with Gasteiger partial charge in [0.2, 0.25) is 0 Å². The van der Waals surface area contributed by atoms with Gasteiger partial charge in [-0.05, 0) is 47.8 Å². The first-order chi connectivity index (χ1) is 13.2. The Bertz CT molecular complexity index is 765. The first-order valence-corrected chi connectivity index (χ1v) is 9.47. The number of furan rings is 1. The fourth-order valence-corrected chi connectivity index (χ4v) is 3.21. The molecule has 0 radical (unpaired) electrons. The summed E-state index contributed by atoms with van der Waals surface area (Å²) in [5.74, 6) is 2.25. The number of hydrogen-bond acceptors (Lipinski definition) is 5. The van der Waals surface area contributed by atoms with Crippen molar-refractivity contribution < 1.29 is 18.7 Å². The summed E-state index contributed by atoms with van der Waals surface area (Å²) < 4.78 is 16.1.